The van der Waals surface area contributed by atoms with Gasteiger partial charge >= 0.3 is 5.97 Å². The maximum atomic E-state index is 12.8. The van der Waals surface area contributed by atoms with Gasteiger partial charge in [-0.15, -0.1) is 6.58 Å². The molecule has 0 saturated heterocycles. The Morgan fingerprint density at radius 3 is 2.45 bits per heavy atom. The van der Waals surface area contributed by atoms with E-state index in [-0.39, 0.29) is 5.91 Å². The van der Waals surface area contributed by atoms with E-state index in [1.54, 1.807) is 17.0 Å². The van der Waals surface area contributed by atoms with Crippen LogP contribution in [0.5, 0.6) is 0 Å². The van der Waals surface area contributed by atoms with Crippen LogP contribution in [0.4, 0.5) is 0 Å². The van der Waals surface area contributed by atoms with Gasteiger partial charge in [0.15, 0.2) is 6.10 Å². The summed E-state index contributed by atoms with van der Waals surface area (Å²) in [5.41, 5.74) is 2.70. The SMILES string of the molecule is C=CCNC(=O)[C@@H](C)OC(=O)c1cn(Cc2ccccc2)nc1-c1ccccc1. The van der Waals surface area contributed by atoms with Crippen LogP contribution >= 0.6 is 0 Å². The molecule has 0 fully saturated rings. The molecule has 1 heterocycles. The summed E-state index contributed by atoms with van der Waals surface area (Å²) in [5.74, 6) is -0.972. The summed E-state index contributed by atoms with van der Waals surface area (Å²) < 4.78 is 7.09. The summed E-state index contributed by atoms with van der Waals surface area (Å²) in [4.78, 5) is 24.8. The highest BCUT2D eigenvalue weighted by atomic mass is 16.5. The van der Waals surface area contributed by atoms with Crippen molar-refractivity contribution in [1.29, 1.82) is 0 Å². The van der Waals surface area contributed by atoms with Crippen LogP contribution in [-0.4, -0.2) is 34.3 Å². The lowest BCUT2D eigenvalue weighted by Gasteiger charge is -2.12. The van der Waals surface area contributed by atoms with E-state index < -0.39 is 12.1 Å². The largest absolute Gasteiger partial charge is 0.449 e. The van der Waals surface area contributed by atoms with E-state index in [1.165, 1.54) is 6.92 Å². The van der Waals surface area contributed by atoms with Gasteiger partial charge in [0, 0.05) is 18.3 Å². The number of amides is 1. The second kappa shape index (κ2) is 9.50. The summed E-state index contributed by atoms with van der Waals surface area (Å²) in [6, 6.07) is 19.3. The number of ether oxygens (including phenoxy) is 1. The maximum Gasteiger partial charge on any atom is 0.342 e. The lowest BCUT2D eigenvalue weighted by Crippen LogP contribution is -2.35. The van der Waals surface area contributed by atoms with Crippen LogP contribution in [0.1, 0.15) is 22.8 Å². The second-order valence-electron chi connectivity index (χ2n) is 6.52. The van der Waals surface area contributed by atoms with E-state index >= 15 is 0 Å². The van der Waals surface area contributed by atoms with Gasteiger partial charge in [0.25, 0.3) is 5.91 Å². The van der Waals surface area contributed by atoms with Gasteiger partial charge in [-0.1, -0.05) is 66.7 Å². The summed E-state index contributed by atoms with van der Waals surface area (Å²) in [5, 5.41) is 7.22. The van der Waals surface area contributed by atoms with Crippen LogP contribution in [-0.2, 0) is 16.1 Å². The van der Waals surface area contributed by atoms with E-state index in [2.05, 4.69) is 17.0 Å². The molecule has 0 unspecified atom stereocenters. The van der Waals surface area contributed by atoms with Crippen molar-refractivity contribution in [2.24, 2.45) is 0 Å². The van der Waals surface area contributed by atoms with Crippen LogP contribution in [0.25, 0.3) is 11.3 Å². The van der Waals surface area contributed by atoms with Gasteiger partial charge in [-0.05, 0) is 12.5 Å². The molecular weight excluding hydrogens is 366 g/mol. The molecule has 6 heteroatoms. The molecule has 0 saturated carbocycles. The van der Waals surface area contributed by atoms with Crippen molar-refractivity contribution in [1.82, 2.24) is 15.1 Å². The molecule has 1 amide bonds. The zero-order chi connectivity index (χ0) is 20.6. The first-order valence-electron chi connectivity index (χ1n) is 9.35. The molecule has 0 aliphatic rings. The molecule has 3 rings (SSSR count). The second-order valence-corrected chi connectivity index (χ2v) is 6.52. The first-order valence-corrected chi connectivity index (χ1v) is 9.35. The Bertz CT molecular complexity index is 981. The third-order valence-electron chi connectivity index (χ3n) is 4.29. The van der Waals surface area contributed by atoms with Crippen LogP contribution in [0.2, 0.25) is 0 Å². The molecule has 6 nitrogen and oxygen atoms in total. The molecule has 1 aromatic heterocycles. The van der Waals surface area contributed by atoms with E-state index in [0.29, 0.717) is 24.3 Å². The van der Waals surface area contributed by atoms with E-state index in [1.807, 2.05) is 60.7 Å². The normalized spacial score (nSPS) is 11.5. The number of aromatic nitrogens is 2. The predicted molar refractivity (Wildman–Crippen MR) is 111 cm³/mol. The smallest absolute Gasteiger partial charge is 0.342 e. The molecule has 1 N–H and O–H groups in total. The number of esters is 1. The fraction of sp³-hybridized carbons (Fsp3) is 0.174. The van der Waals surface area contributed by atoms with Crippen molar-refractivity contribution in [2.75, 3.05) is 6.54 Å². The van der Waals surface area contributed by atoms with Gasteiger partial charge in [0.2, 0.25) is 0 Å². The molecule has 0 aliphatic heterocycles. The monoisotopic (exact) mass is 389 g/mol. The number of benzene rings is 2. The van der Waals surface area contributed by atoms with Crippen molar-refractivity contribution in [3.63, 3.8) is 0 Å². The zero-order valence-electron chi connectivity index (χ0n) is 16.2. The lowest BCUT2D eigenvalue weighted by molar-refractivity contribution is -0.128. The Hall–Kier alpha value is -3.67. The van der Waals surface area contributed by atoms with Crippen molar-refractivity contribution < 1.29 is 14.3 Å². The molecule has 0 radical (unpaired) electrons. The highest BCUT2D eigenvalue weighted by Gasteiger charge is 2.23. The van der Waals surface area contributed by atoms with Gasteiger partial charge in [-0.2, -0.15) is 5.10 Å². The minimum atomic E-state index is -0.927. The average molecular weight is 389 g/mol. The summed E-state index contributed by atoms with van der Waals surface area (Å²) in [7, 11) is 0. The van der Waals surface area contributed by atoms with Crippen molar-refractivity contribution in [3.05, 3.63) is 90.6 Å². The van der Waals surface area contributed by atoms with Gasteiger partial charge in [-0.3, -0.25) is 9.48 Å². The van der Waals surface area contributed by atoms with Crippen molar-refractivity contribution in [3.8, 4) is 11.3 Å². The topological polar surface area (TPSA) is 73.2 Å². The first kappa shape index (κ1) is 20.1. The van der Waals surface area contributed by atoms with Crippen molar-refractivity contribution in [2.45, 2.75) is 19.6 Å². The van der Waals surface area contributed by atoms with E-state index in [9.17, 15) is 9.59 Å². The van der Waals surface area contributed by atoms with Gasteiger partial charge in [-0.25, -0.2) is 4.79 Å². The molecule has 1 atom stereocenters. The summed E-state index contributed by atoms with van der Waals surface area (Å²) in [6.07, 6.45) is 2.29. The zero-order valence-corrected chi connectivity index (χ0v) is 16.2. The number of rotatable bonds is 8. The Kier molecular flexibility index (Phi) is 6.58. The number of carbonyl (C=O) groups excluding carboxylic acids is 2. The third kappa shape index (κ3) is 5.19. The van der Waals surface area contributed by atoms with Crippen LogP contribution < -0.4 is 5.32 Å². The third-order valence-corrected chi connectivity index (χ3v) is 4.29. The minimum absolute atomic E-state index is 0.311. The summed E-state index contributed by atoms with van der Waals surface area (Å²) in [6.45, 7) is 5.91. The van der Waals surface area contributed by atoms with E-state index in [0.717, 1.165) is 11.1 Å². The minimum Gasteiger partial charge on any atom is -0.449 e. The van der Waals surface area contributed by atoms with Gasteiger partial charge < -0.3 is 10.1 Å². The lowest BCUT2D eigenvalue weighted by atomic mass is 10.1. The van der Waals surface area contributed by atoms with Gasteiger partial charge in [0.1, 0.15) is 11.3 Å². The Balaban J connectivity index is 1.86. The fourth-order valence-corrected chi connectivity index (χ4v) is 2.83. The summed E-state index contributed by atoms with van der Waals surface area (Å²) >= 11 is 0. The average Bonchev–Trinajstić information content (AvgIpc) is 3.17. The standard InChI is InChI=1S/C23H23N3O3/c1-3-14-24-22(27)17(2)29-23(28)20-16-26(15-18-10-6-4-7-11-18)25-21(20)19-12-8-5-9-13-19/h3-13,16-17H,1,14-15H2,2H3,(H,24,27)/t17-/m1/s1. The van der Waals surface area contributed by atoms with Crippen molar-refractivity contribution >= 4 is 11.9 Å². The fourth-order valence-electron chi connectivity index (χ4n) is 2.83. The molecule has 0 spiro atoms. The van der Waals surface area contributed by atoms with Crippen LogP contribution in [0.15, 0.2) is 79.5 Å². The Labute approximate surface area is 169 Å². The first-order chi connectivity index (χ1) is 14.1. The number of hydrogen-bond acceptors (Lipinski definition) is 4. The highest BCUT2D eigenvalue weighted by molar-refractivity contribution is 5.97. The predicted octanol–water partition coefficient (Wildman–Crippen LogP) is 3.45. The molecule has 0 aliphatic carbocycles. The highest BCUT2D eigenvalue weighted by Crippen LogP contribution is 2.23. The maximum absolute atomic E-state index is 12.8. The van der Waals surface area contributed by atoms with Crippen LogP contribution in [0, 0.1) is 0 Å². The molecule has 2 aromatic carbocycles. The molecule has 29 heavy (non-hydrogen) atoms. The Morgan fingerprint density at radius 1 is 1.14 bits per heavy atom. The number of carbonyl (C=O) groups is 2. The number of hydrogen-bond donors (Lipinski definition) is 1. The quantitative estimate of drug-likeness (QED) is 0.473. The number of nitrogens with one attached hydrogen (secondary N) is 1. The molecule has 148 valence electrons. The van der Waals surface area contributed by atoms with E-state index in [4.69, 9.17) is 4.74 Å². The van der Waals surface area contributed by atoms with Crippen LogP contribution in [0.3, 0.4) is 0 Å². The molecule has 0 bridgehead atoms. The number of nitrogens with zero attached hydrogens (tertiary/aromatic N) is 2. The Morgan fingerprint density at radius 2 is 1.79 bits per heavy atom. The van der Waals surface area contributed by atoms with Gasteiger partial charge in [0.05, 0.1) is 6.54 Å². The molecular formula is C23H23N3O3. The molecule has 3 aromatic rings.